The third kappa shape index (κ3) is 3.62. The van der Waals surface area contributed by atoms with Gasteiger partial charge >= 0.3 is 5.69 Å². The van der Waals surface area contributed by atoms with E-state index in [0.717, 1.165) is 18.3 Å². The lowest BCUT2D eigenvalue weighted by molar-refractivity contribution is -0.385. The molecule has 0 saturated carbocycles. The average molecular weight is 310 g/mol. The van der Waals surface area contributed by atoms with Crippen molar-refractivity contribution in [2.75, 3.05) is 5.32 Å². The summed E-state index contributed by atoms with van der Waals surface area (Å²) in [5.41, 5.74) is -0.0459. The van der Waals surface area contributed by atoms with Gasteiger partial charge in [0, 0.05) is 11.8 Å². The van der Waals surface area contributed by atoms with Gasteiger partial charge in [0.2, 0.25) is 5.91 Å². The number of halogens is 2. The second kappa shape index (κ2) is 6.29. The van der Waals surface area contributed by atoms with Gasteiger partial charge in [-0.3, -0.25) is 19.6 Å². The number of hydrogen-bond donors (Lipinski definition) is 1. The number of nitrogens with one attached hydrogen (secondary N) is 1. The van der Waals surface area contributed by atoms with Gasteiger partial charge in [0.1, 0.15) is 12.4 Å². The molecule has 22 heavy (non-hydrogen) atoms. The molecule has 0 unspecified atom stereocenters. The van der Waals surface area contributed by atoms with E-state index in [-0.39, 0.29) is 17.9 Å². The monoisotopic (exact) mass is 310 g/mol. The zero-order valence-corrected chi connectivity index (χ0v) is 11.5. The van der Waals surface area contributed by atoms with Gasteiger partial charge in [-0.25, -0.2) is 8.78 Å². The molecule has 2 aromatic rings. The summed E-state index contributed by atoms with van der Waals surface area (Å²) in [5, 5.41) is 16.8. The van der Waals surface area contributed by atoms with Gasteiger partial charge < -0.3 is 5.32 Å². The molecule has 0 saturated heterocycles. The lowest BCUT2D eigenvalue weighted by Gasteiger charge is -2.12. The molecule has 1 atom stereocenters. The van der Waals surface area contributed by atoms with E-state index in [1.165, 1.54) is 16.9 Å². The van der Waals surface area contributed by atoms with Crippen LogP contribution in [-0.4, -0.2) is 20.6 Å². The molecule has 7 nitrogen and oxygen atoms in total. The second-order valence-corrected chi connectivity index (χ2v) is 4.70. The zero-order valence-electron chi connectivity index (χ0n) is 11.5. The van der Waals surface area contributed by atoms with Gasteiger partial charge in [0.25, 0.3) is 0 Å². The van der Waals surface area contributed by atoms with E-state index in [4.69, 9.17) is 0 Å². The van der Waals surface area contributed by atoms with Crippen LogP contribution in [-0.2, 0) is 11.3 Å². The zero-order chi connectivity index (χ0) is 16.3. The van der Waals surface area contributed by atoms with Crippen LogP contribution in [0.4, 0.5) is 20.2 Å². The second-order valence-electron chi connectivity index (χ2n) is 4.70. The fourth-order valence-corrected chi connectivity index (χ4v) is 1.75. The highest BCUT2D eigenvalue weighted by Crippen LogP contribution is 2.15. The molecule has 1 amide bonds. The van der Waals surface area contributed by atoms with Crippen molar-refractivity contribution >= 4 is 17.3 Å². The third-order valence-electron chi connectivity index (χ3n) is 2.93. The number of benzene rings is 1. The molecular weight excluding hydrogens is 298 g/mol. The van der Waals surface area contributed by atoms with Crippen molar-refractivity contribution in [2.24, 2.45) is 5.92 Å². The molecule has 1 N–H and O–H groups in total. The fraction of sp³-hybridized carbons (Fsp3) is 0.231. The summed E-state index contributed by atoms with van der Waals surface area (Å²) in [6, 6.07) is 3.02. The van der Waals surface area contributed by atoms with E-state index in [1.54, 1.807) is 6.92 Å². The number of hydrogen-bond acceptors (Lipinski definition) is 4. The van der Waals surface area contributed by atoms with Gasteiger partial charge in [-0.1, -0.05) is 6.92 Å². The maximum absolute atomic E-state index is 13.1. The first kappa shape index (κ1) is 15.5. The number of nitrogens with zero attached hydrogens (tertiary/aromatic N) is 3. The molecule has 0 aliphatic heterocycles. The van der Waals surface area contributed by atoms with Crippen LogP contribution < -0.4 is 5.32 Å². The van der Waals surface area contributed by atoms with E-state index in [9.17, 15) is 23.7 Å². The topological polar surface area (TPSA) is 90.1 Å². The minimum atomic E-state index is -1.06. The lowest BCUT2D eigenvalue weighted by atomic mass is 10.1. The molecule has 1 heterocycles. The quantitative estimate of drug-likeness (QED) is 0.678. The maximum atomic E-state index is 13.1. The highest BCUT2D eigenvalue weighted by atomic mass is 19.2. The van der Waals surface area contributed by atoms with Crippen LogP contribution in [0.5, 0.6) is 0 Å². The Morgan fingerprint density at radius 3 is 2.77 bits per heavy atom. The van der Waals surface area contributed by atoms with Crippen molar-refractivity contribution in [3.05, 3.63) is 52.3 Å². The molecule has 0 fully saturated rings. The number of amides is 1. The van der Waals surface area contributed by atoms with Crippen molar-refractivity contribution < 1.29 is 18.5 Å². The molecule has 0 radical (unpaired) electrons. The van der Waals surface area contributed by atoms with Crippen LogP contribution in [0, 0.1) is 27.7 Å². The first-order valence-electron chi connectivity index (χ1n) is 6.29. The predicted molar refractivity (Wildman–Crippen MR) is 73.0 cm³/mol. The minimum absolute atomic E-state index is 0.114. The summed E-state index contributed by atoms with van der Waals surface area (Å²) in [5.74, 6) is -3.08. The maximum Gasteiger partial charge on any atom is 0.306 e. The Bertz CT molecular complexity index is 717. The summed E-state index contributed by atoms with van der Waals surface area (Å²) in [4.78, 5) is 21.9. The Kier molecular flexibility index (Phi) is 4.44. The Morgan fingerprint density at radius 2 is 2.18 bits per heavy atom. The molecule has 0 spiro atoms. The Morgan fingerprint density at radius 1 is 1.45 bits per heavy atom. The van der Waals surface area contributed by atoms with Crippen molar-refractivity contribution in [1.29, 1.82) is 0 Å². The van der Waals surface area contributed by atoms with Crippen LogP contribution >= 0.6 is 0 Å². The van der Waals surface area contributed by atoms with Gasteiger partial charge in [-0.2, -0.15) is 5.10 Å². The predicted octanol–water partition coefficient (Wildman–Crippen LogP) is 2.34. The summed E-state index contributed by atoms with van der Waals surface area (Å²) < 4.78 is 27.1. The molecule has 0 aliphatic carbocycles. The SMILES string of the molecule is C[C@H](Cn1cc([N+](=O)[O-])cn1)C(=O)Nc1ccc(F)c(F)c1. The summed E-state index contributed by atoms with van der Waals surface area (Å²) in [7, 11) is 0. The Balaban J connectivity index is 1.99. The number of aromatic nitrogens is 2. The van der Waals surface area contributed by atoms with Crippen molar-refractivity contribution in [3.8, 4) is 0 Å². The highest BCUT2D eigenvalue weighted by Gasteiger charge is 2.17. The van der Waals surface area contributed by atoms with Gasteiger partial charge in [0.05, 0.1) is 17.4 Å². The number of carbonyl (C=O) groups is 1. The van der Waals surface area contributed by atoms with Crippen molar-refractivity contribution in [3.63, 3.8) is 0 Å². The molecule has 1 aromatic heterocycles. The van der Waals surface area contributed by atoms with Crippen LogP contribution in [0.25, 0.3) is 0 Å². The van der Waals surface area contributed by atoms with E-state index in [1.807, 2.05) is 0 Å². The third-order valence-corrected chi connectivity index (χ3v) is 2.93. The molecule has 116 valence electrons. The highest BCUT2D eigenvalue weighted by molar-refractivity contribution is 5.92. The molecular formula is C13H12F2N4O3. The molecule has 0 bridgehead atoms. The van der Waals surface area contributed by atoms with Gasteiger partial charge in [-0.15, -0.1) is 0 Å². The Hall–Kier alpha value is -2.84. The van der Waals surface area contributed by atoms with E-state index < -0.39 is 28.4 Å². The van der Waals surface area contributed by atoms with E-state index >= 15 is 0 Å². The normalized spacial score (nSPS) is 12.0. The van der Waals surface area contributed by atoms with Crippen molar-refractivity contribution in [2.45, 2.75) is 13.5 Å². The fourth-order valence-electron chi connectivity index (χ4n) is 1.75. The Labute approximate surface area is 123 Å². The first-order valence-corrected chi connectivity index (χ1v) is 6.29. The molecule has 2 rings (SSSR count). The van der Waals surface area contributed by atoms with Crippen molar-refractivity contribution in [1.82, 2.24) is 9.78 Å². The smallest absolute Gasteiger partial charge is 0.306 e. The average Bonchev–Trinajstić information content (AvgIpc) is 2.91. The number of nitro groups is 1. The van der Waals surface area contributed by atoms with Gasteiger partial charge in [-0.05, 0) is 12.1 Å². The number of carbonyl (C=O) groups excluding carboxylic acids is 1. The number of rotatable bonds is 5. The number of anilines is 1. The van der Waals surface area contributed by atoms with E-state index in [0.29, 0.717) is 0 Å². The lowest BCUT2D eigenvalue weighted by Crippen LogP contribution is -2.24. The van der Waals surface area contributed by atoms with E-state index in [2.05, 4.69) is 10.4 Å². The summed E-state index contributed by atoms with van der Waals surface area (Å²) in [6.07, 6.45) is 2.29. The molecule has 0 aliphatic rings. The first-order chi connectivity index (χ1) is 10.4. The molecule has 9 heteroatoms. The minimum Gasteiger partial charge on any atom is -0.326 e. The summed E-state index contributed by atoms with van der Waals surface area (Å²) in [6.45, 7) is 1.70. The van der Waals surface area contributed by atoms with Crippen LogP contribution in [0.3, 0.4) is 0 Å². The van der Waals surface area contributed by atoms with Crippen LogP contribution in [0.1, 0.15) is 6.92 Å². The summed E-state index contributed by atoms with van der Waals surface area (Å²) >= 11 is 0. The van der Waals surface area contributed by atoms with Crippen LogP contribution in [0.2, 0.25) is 0 Å². The van der Waals surface area contributed by atoms with Crippen LogP contribution in [0.15, 0.2) is 30.6 Å². The molecule has 1 aromatic carbocycles. The standard InChI is InChI=1S/C13H12F2N4O3/c1-8(6-18-7-10(5-16-18)19(21)22)13(20)17-9-2-3-11(14)12(15)4-9/h2-5,7-8H,6H2,1H3,(H,17,20)/t8-/m1/s1. The largest absolute Gasteiger partial charge is 0.326 e. The van der Waals surface area contributed by atoms with Gasteiger partial charge in [0.15, 0.2) is 11.6 Å².